The molecule has 0 saturated heterocycles. The van der Waals surface area contributed by atoms with Crippen molar-refractivity contribution in [2.75, 3.05) is 17.2 Å². The summed E-state index contributed by atoms with van der Waals surface area (Å²) in [6.45, 7) is 3.68. The van der Waals surface area contributed by atoms with Crippen molar-refractivity contribution in [2.24, 2.45) is 0 Å². The molecule has 3 aromatic rings. The number of benzene rings is 3. The lowest BCUT2D eigenvalue weighted by atomic mass is 10.1. The van der Waals surface area contributed by atoms with Crippen LogP contribution in [0, 0.1) is 6.92 Å². The summed E-state index contributed by atoms with van der Waals surface area (Å²) in [4.78, 5) is 23.5. The molecular formula is C24H24N2O4. The van der Waals surface area contributed by atoms with Gasteiger partial charge in [-0.15, -0.1) is 0 Å². The lowest BCUT2D eigenvalue weighted by molar-refractivity contribution is -0.118. The molecule has 0 atom stereocenters. The predicted octanol–water partition coefficient (Wildman–Crippen LogP) is 4.55. The molecule has 0 saturated carbocycles. The lowest BCUT2D eigenvalue weighted by Crippen LogP contribution is -2.20. The highest BCUT2D eigenvalue weighted by atomic mass is 16.5. The number of amides is 2. The summed E-state index contributed by atoms with van der Waals surface area (Å²) in [7, 11) is 0. The molecule has 0 aliphatic rings. The Morgan fingerprint density at radius 1 is 0.833 bits per heavy atom. The van der Waals surface area contributed by atoms with E-state index < -0.39 is 0 Å². The van der Waals surface area contributed by atoms with Crippen LogP contribution in [0.25, 0.3) is 0 Å². The molecule has 3 rings (SSSR count). The average Bonchev–Trinajstić information content (AvgIpc) is 2.74. The first-order valence-electron chi connectivity index (χ1n) is 9.57. The van der Waals surface area contributed by atoms with Gasteiger partial charge in [-0.2, -0.15) is 0 Å². The molecule has 6 nitrogen and oxygen atoms in total. The van der Waals surface area contributed by atoms with Crippen LogP contribution in [0.15, 0.2) is 72.8 Å². The molecule has 0 unspecified atom stereocenters. The zero-order valence-corrected chi connectivity index (χ0v) is 17.0. The number of aryl methyl sites for hydroxylation is 1. The molecule has 0 bridgehead atoms. The normalized spacial score (nSPS) is 10.2. The number of ether oxygens (including phenoxy) is 2. The standard InChI is InChI=1S/C24H24N2O4/c1-17-8-9-20(14-23(17)25-18(2)27)26-24(28)16-30-22-12-10-21(11-13-22)29-15-19-6-4-3-5-7-19/h3-14H,15-16H2,1-2H3,(H,25,27)(H,26,28). The first-order valence-corrected chi connectivity index (χ1v) is 9.57. The predicted molar refractivity (Wildman–Crippen MR) is 117 cm³/mol. The molecule has 0 fully saturated rings. The highest BCUT2D eigenvalue weighted by molar-refractivity contribution is 5.94. The summed E-state index contributed by atoms with van der Waals surface area (Å²) < 4.78 is 11.3. The van der Waals surface area contributed by atoms with Crippen molar-refractivity contribution in [3.05, 3.63) is 83.9 Å². The minimum Gasteiger partial charge on any atom is -0.489 e. The smallest absolute Gasteiger partial charge is 0.262 e. The van der Waals surface area contributed by atoms with Crippen molar-refractivity contribution >= 4 is 23.2 Å². The molecule has 154 valence electrons. The molecule has 3 aromatic carbocycles. The number of hydrogen-bond donors (Lipinski definition) is 2. The van der Waals surface area contributed by atoms with Crippen molar-refractivity contribution < 1.29 is 19.1 Å². The molecule has 0 aliphatic carbocycles. The molecule has 30 heavy (non-hydrogen) atoms. The summed E-state index contributed by atoms with van der Waals surface area (Å²) in [5.41, 5.74) is 3.25. The van der Waals surface area contributed by atoms with Gasteiger partial charge in [-0.1, -0.05) is 36.4 Å². The van der Waals surface area contributed by atoms with E-state index >= 15 is 0 Å². The molecule has 2 amide bonds. The highest BCUT2D eigenvalue weighted by Gasteiger charge is 2.07. The van der Waals surface area contributed by atoms with Crippen LogP contribution >= 0.6 is 0 Å². The number of carbonyl (C=O) groups is 2. The number of nitrogens with one attached hydrogen (secondary N) is 2. The van der Waals surface area contributed by atoms with Crippen LogP contribution in [0.4, 0.5) is 11.4 Å². The van der Waals surface area contributed by atoms with Crippen molar-refractivity contribution in [1.82, 2.24) is 0 Å². The van der Waals surface area contributed by atoms with E-state index in [0.717, 1.165) is 16.9 Å². The fraction of sp³-hybridized carbons (Fsp3) is 0.167. The quantitative estimate of drug-likeness (QED) is 0.577. The van der Waals surface area contributed by atoms with Crippen LogP contribution in [-0.2, 0) is 16.2 Å². The van der Waals surface area contributed by atoms with Gasteiger partial charge in [0.2, 0.25) is 5.91 Å². The number of rotatable bonds is 8. The Balaban J connectivity index is 1.48. The topological polar surface area (TPSA) is 76.7 Å². The van der Waals surface area contributed by atoms with Gasteiger partial charge in [0.15, 0.2) is 6.61 Å². The van der Waals surface area contributed by atoms with Gasteiger partial charge in [0.1, 0.15) is 18.1 Å². The van der Waals surface area contributed by atoms with Gasteiger partial charge in [-0.3, -0.25) is 9.59 Å². The molecule has 6 heteroatoms. The molecule has 0 aliphatic heterocycles. The van der Waals surface area contributed by atoms with E-state index in [-0.39, 0.29) is 18.4 Å². The second-order valence-electron chi connectivity index (χ2n) is 6.79. The number of anilines is 2. The average molecular weight is 404 g/mol. The third-order valence-electron chi connectivity index (χ3n) is 4.27. The summed E-state index contributed by atoms with van der Waals surface area (Å²) in [6.07, 6.45) is 0. The zero-order chi connectivity index (χ0) is 21.3. The first-order chi connectivity index (χ1) is 14.5. The fourth-order valence-electron chi connectivity index (χ4n) is 2.74. The van der Waals surface area contributed by atoms with Gasteiger partial charge in [0.25, 0.3) is 5.91 Å². The van der Waals surface area contributed by atoms with Gasteiger partial charge in [0, 0.05) is 18.3 Å². The maximum absolute atomic E-state index is 12.2. The van der Waals surface area contributed by atoms with Gasteiger partial charge in [0.05, 0.1) is 0 Å². The Labute approximate surface area is 175 Å². The SMILES string of the molecule is CC(=O)Nc1cc(NC(=O)COc2ccc(OCc3ccccc3)cc2)ccc1C. The fourth-order valence-corrected chi connectivity index (χ4v) is 2.74. The Hall–Kier alpha value is -3.80. The van der Waals surface area contributed by atoms with E-state index in [1.165, 1.54) is 6.92 Å². The van der Waals surface area contributed by atoms with Gasteiger partial charge < -0.3 is 20.1 Å². The van der Waals surface area contributed by atoms with E-state index in [9.17, 15) is 9.59 Å². The van der Waals surface area contributed by atoms with Crippen LogP contribution in [0.1, 0.15) is 18.1 Å². The molecule has 2 N–H and O–H groups in total. The van der Waals surface area contributed by atoms with Crippen LogP contribution in [0.5, 0.6) is 11.5 Å². The molecule has 0 spiro atoms. The molecule has 0 aromatic heterocycles. The zero-order valence-electron chi connectivity index (χ0n) is 17.0. The van der Waals surface area contributed by atoms with Crippen LogP contribution in [0.2, 0.25) is 0 Å². The third kappa shape index (κ3) is 6.38. The summed E-state index contributed by atoms with van der Waals surface area (Å²) >= 11 is 0. The molecular weight excluding hydrogens is 380 g/mol. The lowest BCUT2D eigenvalue weighted by Gasteiger charge is -2.11. The summed E-state index contributed by atoms with van der Waals surface area (Å²) in [5.74, 6) is 0.832. The Morgan fingerprint density at radius 3 is 2.17 bits per heavy atom. The number of hydrogen-bond acceptors (Lipinski definition) is 4. The Morgan fingerprint density at radius 2 is 1.50 bits per heavy atom. The minimum absolute atomic E-state index is 0.131. The Bertz CT molecular complexity index is 1000. The third-order valence-corrected chi connectivity index (χ3v) is 4.27. The molecule has 0 heterocycles. The first kappa shape index (κ1) is 20.9. The second-order valence-corrected chi connectivity index (χ2v) is 6.79. The van der Waals surface area contributed by atoms with Crippen molar-refractivity contribution in [2.45, 2.75) is 20.5 Å². The second kappa shape index (κ2) is 10.1. The van der Waals surface area contributed by atoms with E-state index in [1.54, 1.807) is 36.4 Å². The van der Waals surface area contributed by atoms with Crippen molar-refractivity contribution in [3.63, 3.8) is 0 Å². The van der Waals surface area contributed by atoms with Gasteiger partial charge in [-0.05, 0) is 54.4 Å². The maximum Gasteiger partial charge on any atom is 0.262 e. The van der Waals surface area contributed by atoms with Crippen LogP contribution in [0.3, 0.4) is 0 Å². The van der Waals surface area contributed by atoms with Crippen LogP contribution < -0.4 is 20.1 Å². The Kier molecular flexibility index (Phi) is 7.05. The number of carbonyl (C=O) groups excluding carboxylic acids is 2. The van der Waals surface area contributed by atoms with Crippen molar-refractivity contribution in [3.8, 4) is 11.5 Å². The molecule has 0 radical (unpaired) electrons. The van der Waals surface area contributed by atoms with Crippen molar-refractivity contribution in [1.29, 1.82) is 0 Å². The monoisotopic (exact) mass is 404 g/mol. The highest BCUT2D eigenvalue weighted by Crippen LogP contribution is 2.21. The summed E-state index contributed by atoms with van der Waals surface area (Å²) in [6, 6.07) is 22.4. The van der Waals surface area contributed by atoms with Crippen LogP contribution in [-0.4, -0.2) is 18.4 Å². The largest absolute Gasteiger partial charge is 0.489 e. The van der Waals surface area contributed by atoms with E-state index in [2.05, 4.69) is 10.6 Å². The minimum atomic E-state index is -0.294. The van der Waals surface area contributed by atoms with Gasteiger partial charge in [-0.25, -0.2) is 0 Å². The van der Waals surface area contributed by atoms with E-state index in [0.29, 0.717) is 23.7 Å². The van der Waals surface area contributed by atoms with Gasteiger partial charge >= 0.3 is 0 Å². The maximum atomic E-state index is 12.2. The van der Waals surface area contributed by atoms with E-state index in [1.807, 2.05) is 43.3 Å². The summed E-state index contributed by atoms with van der Waals surface area (Å²) in [5, 5.41) is 5.50. The van der Waals surface area contributed by atoms with E-state index in [4.69, 9.17) is 9.47 Å².